The predicted octanol–water partition coefficient (Wildman–Crippen LogP) is 2.10. The first kappa shape index (κ1) is 22.7. The standard InChI is InChI=1S/C21H21F3N2O5/c1-31-18(27)8-13(10-2-4-11(5-3-10)21(29)30)19-17(25-26-20(19)28)7-12-6-15(23)16(24)9-14(12)22/h2-6,9,13,17,19-20,25-26,28H,7-8H2,1H3,(H,29,30). The highest BCUT2D eigenvalue weighted by Gasteiger charge is 2.42. The van der Waals surface area contributed by atoms with Gasteiger partial charge < -0.3 is 14.9 Å². The molecule has 0 bridgehead atoms. The number of methoxy groups -OCH3 is 1. The number of aromatic carboxylic acids is 1. The SMILES string of the molecule is COC(=O)CC(c1ccc(C(=O)O)cc1)C1C(O)NNC1Cc1cc(F)c(F)cc1F. The van der Waals surface area contributed by atoms with Crippen molar-refractivity contribution in [1.82, 2.24) is 10.9 Å². The number of carboxylic acids is 1. The van der Waals surface area contributed by atoms with Crippen molar-refractivity contribution >= 4 is 11.9 Å². The highest BCUT2D eigenvalue weighted by Crippen LogP contribution is 2.36. The van der Waals surface area contributed by atoms with Gasteiger partial charge in [0, 0.05) is 23.9 Å². The normalized spacial score (nSPS) is 21.6. The van der Waals surface area contributed by atoms with Crippen LogP contribution in [0.5, 0.6) is 0 Å². The molecule has 166 valence electrons. The molecule has 7 nitrogen and oxygen atoms in total. The van der Waals surface area contributed by atoms with Crippen molar-refractivity contribution in [3.8, 4) is 0 Å². The number of rotatable bonds is 7. The van der Waals surface area contributed by atoms with Crippen molar-refractivity contribution in [3.05, 3.63) is 70.5 Å². The summed E-state index contributed by atoms with van der Waals surface area (Å²) in [6, 6.07) is 6.33. The van der Waals surface area contributed by atoms with Crippen molar-refractivity contribution < 1.29 is 37.7 Å². The number of benzene rings is 2. The lowest BCUT2D eigenvalue weighted by Gasteiger charge is -2.29. The van der Waals surface area contributed by atoms with E-state index in [1.807, 2.05) is 0 Å². The Morgan fingerprint density at radius 1 is 1.06 bits per heavy atom. The Kier molecular flexibility index (Phi) is 6.94. The molecule has 0 radical (unpaired) electrons. The molecule has 31 heavy (non-hydrogen) atoms. The van der Waals surface area contributed by atoms with E-state index in [2.05, 4.69) is 10.9 Å². The van der Waals surface area contributed by atoms with Crippen molar-refractivity contribution in [2.75, 3.05) is 7.11 Å². The highest BCUT2D eigenvalue weighted by atomic mass is 19.2. The van der Waals surface area contributed by atoms with E-state index in [9.17, 15) is 27.9 Å². The summed E-state index contributed by atoms with van der Waals surface area (Å²) in [5.74, 6) is -6.48. The maximum Gasteiger partial charge on any atom is 0.335 e. The zero-order valence-corrected chi connectivity index (χ0v) is 16.4. The molecule has 0 aliphatic carbocycles. The van der Waals surface area contributed by atoms with Crippen molar-refractivity contribution in [1.29, 1.82) is 0 Å². The Hall–Kier alpha value is -2.95. The smallest absolute Gasteiger partial charge is 0.335 e. The van der Waals surface area contributed by atoms with Gasteiger partial charge in [0.2, 0.25) is 0 Å². The van der Waals surface area contributed by atoms with E-state index in [1.165, 1.54) is 31.4 Å². The Morgan fingerprint density at radius 2 is 1.71 bits per heavy atom. The molecular formula is C21H21F3N2O5. The maximum absolute atomic E-state index is 14.2. The third-order valence-electron chi connectivity index (χ3n) is 5.44. The zero-order valence-electron chi connectivity index (χ0n) is 16.4. The molecule has 1 fully saturated rings. The number of aliphatic hydroxyl groups excluding tert-OH is 1. The van der Waals surface area contributed by atoms with E-state index in [0.717, 1.165) is 6.07 Å². The van der Waals surface area contributed by atoms with Gasteiger partial charge in [-0.25, -0.2) is 23.4 Å². The Balaban J connectivity index is 1.94. The molecule has 4 unspecified atom stereocenters. The minimum absolute atomic E-state index is 0.0456. The van der Waals surface area contributed by atoms with Gasteiger partial charge in [0.1, 0.15) is 12.0 Å². The van der Waals surface area contributed by atoms with Gasteiger partial charge in [-0.1, -0.05) is 12.1 Å². The molecule has 1 aliphatic heterocycles. The van der Waals surface area contributed by atoms with E-state index in [4.69, 9.17) is 9.84 Å². The third-order valence-corrected chi connectivity index (χ3v) is 5.44. The molecule has 1 aliphatic rings. The number of aliphatic hydroxyl groups is 1. The molecule has 3 rings (SSSR count). The molecule has 0 saturated carbocycles. The zero-order chi connectivity index (χ0) is 22.7. The lowest BCUT2D eigenvalue weighted by molar-refractivity contribution is -0.141. The second-order valence-corrected chi connectivity index (χ2v) is 7.29. The van der Waals surface area contributed by atoms with Crippen LogP contribution in [0.4, 0.5) is 13.2 Å². The van der Waals surface area contributed by atoms with Gasteiger partial charge in [0.15, 0.2) is 11.6 Å². The second kappa shape index (κ2) is 9.46. The summed E-state index contributed by atoms with van der Waals surface area (Å²) in [6.45, 7) is 0. The number of carbonyl (C=O) groups is 2. The summed E-state index contributed by atoms with van der Waals surface area (Å²) in [6.07, 6.45) is -1.42. The number of carboxylic acid groups (broad SMARTS) is 1. The van der Waals surface area contributed by atoms with Crippen LogP contribution in [0.1, 0.15) is 33.8 Å². The summed E-state index contributed by atoms with van der Waals surface area (Å²) in [7, 11) is 1.21. The van der Waals surface area contributed by atoms with Crippen LogP contribution in [-0.4, -0.2) is 41.5 Å². The van der Waals surface area contributed by atoms with Crippen LogP contribution in [0.2, 0.25) is 0 Å². The quantitative estimate of drug-likeness (QED) is 0.387. The number of hydrogen-bond donors (Lipinski definition) is 4. The first-order valence-corrected chi connectivity index (χ1v) is 9.44. The number of nitrogens with one attached hydrogen (secondary N) is 2. The summed E-state index contributed by atoms with van der Waals surface area (Å²) in [5.41, 5.74) is 5.93. The molecular weight excluding hydrogens is 417 g/mol. The number of esters is 1. The molecule has 0 spiro atoms. The maximum atomic E-state index is 14.2. The monoisotopic (exact) mass is 438 g/mol. The largest absolute Gasteiger partial charge is 0.478 e. The van der Waals surface area contributed by atoms with E-state index in [1.54, 1.807) is 0 Å². The third kappa shape index (κ3) is 5.04. The Labute approximate surface area is 175 Å². The van der Waals surface area contributed by atoms with Crippen LogP contribution in [0.3, 0.4) is 0 Å². The fourth-order valence-corrected chi connectivity index (χ4v) is 3.86. The molecule has 1 saturated heterocycles. The van der Waals surface area contributed by atoms with E-state index in [0.29, 0.717) is 11.6 Å². The molecule has 1 heterocycles. The summed E-state index contributed by atoms with van der Waals surface area (Å²) >= 11 is 0. The number of carbonyl (C=O) groups excluding carboxylic acids is 1. The van der Waals surface area contributed by atoms with E-state index >= 15 is 0 Å². The fourth-order valence-electron chi connectivity index (χ4n) is 3.86. The van der Waals surface area contributed by atoms with Crippen molar-refractivity contribution in [2.24, 2.45) is 5.92 Å². The van der Waals surface area contributed by atoms with Crippen LogP contribution >= 0.6 is 0 Å². The summed E-state index contributed by atoms with van der Waals surface area (Å²) in [5, 5.41) is 19.6. The summed E-state index contributed by atoms with van der Waals surface area (Å²) < 4.78 is 45.8. The van der Waals surface area contributed by atoms with Gasteiger partial charge in [0.05, 0.1) is 19.1 Å². The number of hydrazine groups is 1. The molecule has 4 N–H and O–H groups in total. The highest BCUT2D eigenvalue weighted by molar-refractivity contribution is 5.87. The molecule has 10 heteroatoms. The van der Waals surface area contributed by atoms with Crippen LogP contribution in [0.15, 0.2) is 36.4 Å². The van der Waals surface area contributed by atoms with Crippen LogP contribution < -0.4 is 10.9 Å². The minimum atomic E-state index is -1.31. The van der Waals surface area contributed by atoms with E-state index < -0.39 is 53.5 Å². The average molecular weight is 438 g/mol. The Morgan fingerprint density at radius 3 is 2.32 bits per heavy atom. The first-order valence-electron chi connectivity index (χ1n) is 9.44. The molecule has 0 amide bonds. The van der Waals surface area contributed by atoms with Crippen LogP contribution in [0.25, 0.3) is 0 Å². The Bertz CT molecular complexity index is 970. The van der Waals surface area contributed by atoms with Crippen molar-refractivity contribution in [2.45, 2.75) is 31.0 Å². The lowest BCUT2D eigenvalue weighted by atomic mass is 9.77. The van der Waals surface area contributed by atoms with Crippen LogP contribution in [0, 0.1) is 23.4 Å². The molecule has 4 atom stereocenters. The minimum Gasteiger partial charge on any atom is -0.478 e. The van der Waals surface area contributed by atoms with E-state index in [-0.39, 0.29) is 24.0 Å². The predicted molar refractivity (Wildman–Crippen MR) is 102 cm³/mol. The molecule has 2 aromatic carbocycles. The number of hydrogen-bond acceptors (Lipinski definition) is 6. The number of ether oxygens (including phenoxy) is 1. The average Bonchev–Trinajstić information content (AvgIpc) is 3.10. The second-order valence-electron chi connectivity index (χ2n) is 7.29. The fraction of sp³-hybridized carbons (Fsp3) is 0.333. The van der Waals surface area contributed by atoms with Gasteiger partial charge in [-0.05, 0) is 35.7 Å². The van der Waals surface area contributed by atoms with Gasteiger partial charge in [-0.3, -0.25) is 10.2 Å². The summed E-state index contributed by atoms with van der Waals surface area (Å²) in [4.78, 5) is 23.2. The number of halogens is 3. The first-order chi connectivity index (χ1) is 14.7. The van der Waals surface area contributed by atoms with Crippen molar-refractivity contribution in [3.63, 3.8) is 0 Å². The topological polar surface area (TPSA) is 108 Å². The van der Waals surface area contributed by atoms with Gasteiger partial charge in [-0.2, -0.15) is 0 Å². The van der Waals surface area contributed by atoms with Gasteiger partial charge in [-0.15, -0.1) is 0 Å². The molecule has 2 aromatic rings. The van der Waals surface area contributed by atoms with Crippen LogP contribution in [-0.2, 0) is 16.0 Å². The van der Waals surface area contributed by atoms with Gasteiger partial charge in [0.25, 0.3) is 0 Å². The molecule has 0 aromatic heterocycles. The van der Waals surface area contributed by atoms with Gasteiger partial charge >= 0.3 is 11.9 Å². The lowest BCUT2D eigenvalue weighted by Crippen LogP contribution is -2.36.